The molecule has 3 aromatic carbocycles. The number of benzene rings is 3. The van der Waals surface area contributed by atoms with Crippen molar-refractivity contribution >= 4 is 29.1 Å². The second-order valence-electron chi connectivity index (χ2n) is 9.05. The Morgan fingerprint density at radius 3 is 2.18 bits per heavy atom. The third-order valence-corrected chi connectivity index (χ3v) is 7.44. The van der Waals surface area contributed by atoms with Crippen LogP contribution in [-0.4, -0.2) is 29.1 Å². The Kier molecular flexibility index (Phi) is 5.74. The quantitative estimate of drug-likeness (QED) is 0.436. The highest BCUT2D eigenvalue weighted by atomic mass is 35.5. The van der Waals surface area contributed by atoms with Gasteiger partial charge in [-0.1, -0.05) is 65.7 Å². The number of rotatable bonds is 7. The summed E-state index contributed by atoms with van der Waals surface area (Å²) in [6.07, 6.45) is 1.81. The molecule has 6 heteroatoms. The molecule has 2 unspecified atom stereocenters. The van der Waals surface area contributed by atoms with Crippen LogP contribution in [0.15, 0.2) is 72.8 Å². The summed E-state index contributed by atoms with van der Waals surface area (Å²) in [6, 6.07) is 22.3. The van der Waals surface area contributed by atoms with E-state index in [4.69, 9.17) is 27.9 Å². The van der Waals surface area contributed by atoms with Crippen molar-refractivity contribution in [1.29, 1.82) is 0 Å². The molecule has 0 radical (unpaired) electrons. The Bertz CT molecular complexity index is 1170. The first kappa shape index (κ1) is 22.4. The highest BCUT2D eigenvalue weighted by Crippen LogP contribution is 2.53. The lowest BCUT2D eigenvalue weighted by Crippen LogP contribution is -2.49. The zero-order chi connectivity index (χ0) is 23.2. The van der Waals surface area contributed by atoms with Crippen molar-refractivity contribution in [3.05, 3.63) is 105 Å². The zero-order valence-corrected chi connectivity index (χ0v) is 19.8. The number of ether oxygens (including phenoxy) is 1. The number of halogens is 2. The van der Waals surface area contributed by atoms with E-state index in [1.165, 1.54) is 0 Å². The fourth-order valence-electron chi connectivity index (χ4n) is 4.69. The van der Waals surface area contributed by atoms with Gasteiger partial charge in [0, 0.05) is 32.2 Å². The topological polar surface area (TPSA) is 49.8 Å². The fourth-order valence-corrected chi connectivity index (χ4v) is 4.94. The Hall–Kier alpha value is -2.37. The number of hydrogen-bond donors (Lipinski definition) is 1. The molecule has 2 aliphatic rings. The second-order valence-corrected chi connectivity index (χ2v) is 9.92. The molecule has 0 saturated heterocycles. The molecular weight excluding hydrogens is 457 g/mol. The second kappa shape index (κ2) is 8.44. The zero-order valence-electron chi connectivity index (χ0n) is 18.3. The van der Waals surface area contributed by atoms with E-state index in [1.54, 1.807) is 0 Å². The van der Waals surface area contributed by atoms with Gasteiger partial charge in [0.25, 0.3) is 5.91 Å². The lowest BCUT2D eigenvalue weighted by Gasteiger charge is -2.43. The van der Waals surface area contributed by atoms with Crippen LogP contribution >= 0.6 is 23.2 Å². The number of carbonyl (C=O) groups is 1. The van der Waals surface area contributed by atoms with Crippen molar-refractivity contribution in [3.8, 4) is 0 Å². The van der Waals surface area contributed by atoms with Gasteiger partial charge >= 0.3 is 0 Å². The first-order valence-corrected chi connectivity index (χ1v) is 11.9. The number of aliphatic hydroxyl groups is 1. The van der Waals surface area contributed by atoms with E-state index in [-0.39, 0.29) is 24.0 Å². The molecule has 1 N–H and O–H groups in total. The first-order valence-electron chi connectivity index (χ1n) is 11.1. The summed E-state index contributed by atoms with van der Waals surface area (Å²) in [5.41, 5.74) is 1.77. The maximum absolute atomic E-state index is 13.9. The Morgan fingerprint density at radius 2 is 1.58 bits per heavy atom. The van der Waals surface area contributed by atoms with Gasteiger partial charge in [0.05, 0.1) is 19.3 Å². The van der Waals surface area contributed by atoms with E-state index >= 15 is 0 Å². The van der Waals surface area contributed by atoms with E-state index < -0.39 is 5.72 Å². The van der Waals surface area contributed by atoms with Gasteiger partial charge in [0.2, 0.25) is 0 Å². The van der Waals surface area contributed by atoms with Crippen LogP contribution < -0.4 is 0 Å². The molecule has 1 saturated carbocycles. The fraction of sp³-hybridized carbons (Fsp3) is 0.296. The van der Waals surface area contributed by atoms with E-state index in [1.807, 2.05) is 84.6 Å². The van der Waals surface area contributed by atoms with Gasteiger partial charge in [-0.2, -0.15) is 0 Å². The molecular formula is C27H25Cl2NO3. The van der Waals surface area contributed by atoms with E-state index in [0.717, 1.165) is 29.5 Å². The largest absolute Gasteiger partial charge is 0.396 e. The van der Waals surface area contributed by atoms with Crippen LogP contribution in [0.3, 0.4) is 0 Å². The van der Waals surface area contributed by atoms with Crippen molar-refractivity contribution in [1.82, 2.24) is 4.90 Å². The van der Waals surface area contributed by atoms with Gasteiger partial charge in [-0.25, -0.2) is 0 Å². The van der Waals surface area contributed by atoms with E-state index in [0.29, 0.717) is 22.2 Å². The molecule has 0 aromatic heterocycles. The molecule has 2 atom stereocenters. The number of nitrogens with zero attached hydrogens (tertiary/aromatic N) is 1. The molecule has 1 amide bonds. The summed E-state index contributed by atoms with van der Waals surface area (Å²) in [5, 5.41) is 11.2. The predicted molar refractivity (Wildman–Crippen MR) is 129 cm³/mol. The first-order chi connectivity index (χ1) is 15.9. The van der Waals surface area contributed by atoms with Crippen LogP contribution in [0, 0.1) is 5.41 Å². The van der Waals surface area contributed by atoms with Gasteiger partial charge in [0.1, 0.15) is 0 Å². The van der Waals surface area contributed by atoms with Gasteiger partial charge in [-0.05, 0) is 55.7 Å². The monoisotopic (exact) mass is 481 g/mol. The van der Waals surface area contributed by atoms with Crippen LogP contribution in [0.5, 0.6) is 0 Å². The summed E-state index contributed by atoms with van der Waals surface area (Å²) in [4.78, 5) is 15.7. The van der Waals surface area contributed by atoms with Crippen molar-refractivity contribution in [2.24, 2.45) is 5.41 Å². The molecule has 0 bridgehead atoms. The summed E-state index contributed by atoms with van der Waals surface area (Å²) >= 11 is 12.3. The third-order valence-electron chi connectivity index (χ3n) is 6.94. The van der Waals surface area contributed by atoms with Gasteiger partial charge < -0.3 is 9.84 Å². The number of amides is 1. The normalized spacial score (nSPS) is 21.7. The average Bonchev–Trinajstić information content (AvgIpc) is 3.58. The van der Waals surface area contributed by atoms with Crippen molar-refractivity contribution in [3.63, 3.8) is 0 Å². The lowest BCUT2D eigenvalue weighted by molar-refractivity contribution is -0.137. The third kappa shape index (κ3) is 3.75. The summed E-state index contributed by atoms with van der Waals surface area (Å²) < 4.78 is 6.79. The molecule has 33 heavy (non-hydrogen) atoms. The van der Waals surface area contributed by atoms with Crippen molar-refractivity contribution in [2.75, 3.05) is 13.2 Å². The number of aliphatic hydroxyl groups excluding tert-OH is 1. The van der Waals surface area contributed by atoms with Gasteiger partial charge in [0.15, 0.2) is 5.72 Å². The van der Waals surface area contributed by atoms with E-state index in [2.05, 4.69) is 0 Å². The highest BCUT2D eigenvalue weighted by Gasteiger charge is 2.56. The maximum Gasteiger partial charge on any atom is 0.257 e. The minimum absolute atomic E-state index is 0.0615. The molecule has 1 aliphatic carbocycles. The lowest BCUT2D eigenvalue weighted by atomic mass is 9.91. The summed E-state index contributed by atoms with van der Waals surface area (Å²) in [7, 11) is 0. The van der Waals surface area contributed by atoms with Crippen LogP contribution in [0.25, 0.3) is 0 Å². The number of hydrogen-bond acceptors (Lipinski definition) is 3. The Labute approximate surface area is 203 Å². The highest BCUT2D eigenvalue weighted by molar-refractivity contribution is 6.30. The predicted octanol–water partition coefficient (Wildman–Crippen LogP) is 6.20. The minimum Gasteiger partial charge on any atom is -0.396 e. The maximum atomic E-state index is 13.9. The Morgan fingerprint density at radius 1 is 0.970 bits per heavy atom. The van der Waals surface area contributed by atoms with Gasteiger partial charge in [-0.15, -0.1) is 0 Å². The van der Waals surface area contributed by atoms with Crippen molar-refractivity contribution in [2.45, 2.75) is 31.5 Å². The van der Waals surface area contributed by atoms with Crippen molar-refractivity contribution < 1.29 is 14.6 Å². The molecule has 1 fully saturated rings. The van der Waals surface area contributed by atoms with Crippen LogP contribution in [0.2, 0.25) is 10.0 Å². The van der Waals surface area contributed by atoms with E-state index in [9.17, 15) is 9.90 Å². The molecule has 0 spiro atoms. The average molecular weight is 482 g/mol. The van der Waals surface area contributed by atoms with Gasteiger partial charge in [-0.3, -0.25) is 9.69 Å². The molecule has 1 heterocycles. The van der Waals surface area contributed by atoms with Crippen LogP contribution in [0.4, 0.5) is 0 Å². The SMILES string of the molecule is CC(c1ccc(Cl)cc1)N1C(=O)c2ccccc2C1(OCC1(CO)CC1)c1ccc(Cl)cc1. The molecule has 3 aromatic rings. The standard InChI is InChI=1S/C27H25Cl2NO3/c1-18(19-6-10-21(28)11-7-19)30-25(32)23-4-2-3-5-24(23)27(30,20-8-12-22(29)13-9-20)33-17-26(16-31)14-15-26/h2-13,18,31H,14-17H2,1H3. The molecule has 170 valence electrons. The number of fused-ring (bicyclic) bond motifs is 1. The van der Waals surface area contributed by atoms with Crippen LogP contribution in [0.1, 0.15) is 52.9 Å². The molecule has 5 rings (SSSR count). The Balaban J connectivity index is 1.70. The smallest absolute Gasteiger partial charge is 0.257 e. The van der Waals surface area contributed by atoms with Crippen LogP contribution in [-0.2, 0) is 10.5 Å². The summed E-state index contributed by atoms with van der Waals surface area (Å²) in [5.74, 6) is -0.100. The number of carbonyl (C=O) groups excluding carboxylic acids is 1. The summed E-state index contributed by atoms with van der Waals surface area (Å²) in [6.45, 7) is 2.41. The minimum atomic E-state index is -1.15. The molecule has 4 nitrogen and oxygen atoms in total. The molecule has 1 aliphatic heterocycles.